The van der Waals surface area contributed by atoms with E-state index in [4.69, 9.17) is 5.11 Å². The number of hydrogen-bond acceptors (Lipinski definition) is 3. The fourth-order valence-electron chi connectivity index (χ4n) is 1.50. The number of aryl methyl sites for hydroxylation is 1. The maximum absolute atomic E-state index is 12.2. The molecule has 7 heteroatoms. The van der Waals surface area contributed by atoms with E-state index in [-0.39, 0.29) is 5.75 Å². The summed E-state index contributed by atoms with van der Waals surface area (Å²) in [5, 5.41) is 10.8. The van der Waals surface area contributed by atoms with Crippen LogP contribution in [-0.2, 0) is 9.59 Å². The molecule has 1 rings (SSSR count). The van der Waals surface area contributed by atoms with E-state index in [9.17, 15) is 18.4 Å². The average molecular weight is 303 g/mol. The van der Waals surface area contributed by atoms with Gasteiger partial charge in [-0.05, 0) is 18.6 Å². The Labute approximate surface area is 119 Å². The minimum absolute atomic E-state index is 0.0160. The smallest absolute Gasteiger partial charge is 0.326 e. The average Bonchev–Trinajstić information content (AvgIpc) is 2.36. The second-order valence-electron chi connectivity index (χ2n) is 4.14. The number of rotatable bonds is 7. The topological polar surface area (TPSA) is 66.4 Å². The van der Waals surface area contributed by atoms with E-state index >= 15 is 0 Å². The lowest BCUT2D eigenvalue weighted by Crippen LogP contribution is -2.42. The number of carbonyl (C=O) groups is 2. The summed E-state index contributed by atoms with van der Waals surface area (Å²) in [4.78, 5) is 23.2. The van der Waals surface area contributed by atoms with Crippen molar-refractivity contribution in [3.05, 3.63) is 29.8 Å². The maximum Gasteiger partial charge on any atom is 0.326 e. The Morgan fingerprint density at radius 3 is 2.55 bits per heavy atom. The van der Waals surface area contributed by atoms with Crippen LogP contribution in [0, 0.1) is 6.92 Å². The first-order valence-corrected chi connectivity index (χ1v) is 6.87. The summed E-state index contributed by atoms with van der Waals surface area (Å²) in [5.74, 6) is -2.05. The van der Waals surface area contributed by atoms with Crippen LogP contribution >= 0.6 is 11.8 Å². The van der Waals surface area contributed by atoms with Gasteiger partial charge < -0.3 is 10.4 Å². The monoisotopic (exact) mass is 303 g/mol. The lowest BCUT2D eigenvalue weighted by atomic mass is 10.2. The molecule has 0 aliphatic carbocycles. The number of carboxylic acids is 1. The molecule has 1 aromatic carbocycles. The number of carboxylic acid groups (broad SMARTS) is 1. The minimum Gasteiger partial charge on any atom is -0.480 e. The van der Waals surface area contributed by atoms with Crippen LogP contribution in [0.1, 0.15) is 12.0 Å². The molecule has 1 atom stereocenters. The lowest BCUT2D eigenvalue weighted by molar-refractivity contribution is -0.142. The second kappa shape index (κ2) is 7.84. The third-order valence-corrected chi connectivity index (χ3v) is 3.68. The zero-order valence-electron chi connectivity index (χ0n) is 10.8. The van der Waals surface area contributed by atoms with E-state index in [1.165, 1.54) is 11.8 Å². The number of halogens is 2. The molecule has 4 nitrogen and oxygen atoms in total. The molecular formula is C13H15F2NO3S. The standard InChI is InChI=1S/C13H15F2NO3S/c1-8-4-2-3-5-10(8)20-7-12(17)16-9(13(18)19)6-11(14)15/h2-5,9,11H,6-7H2,1H3,(H,16,17)(H,18,19). The summed E-state index contributed by atoms with van der Waals surface area (Å²) in [6, 6.07) is 5.85. The van der Waals surface area contributed by atoms with E-state index in [2.05, 4.69) is 5.32 Å². The molecule has 1 unspecified atom stereocenters. The Balaban J connectivity index is 2.50. The molecule has 0 radical (unpaired) electrons. The molecule has 0 aliphatic rings. The Hall–Kier alpha value is -1.63. The quantitative estimate of drug-likeness (QED) is 0.759. The lowest BCUT2D eigenvalue weighted by Gasteiger charge is -2.14. The first-order valence-electron chi connectivity index (χ1n) is 5.89. The van der Waals surface area contributed by atoms with Crippen molar-refractivity contribution < 1.29 is 23.5 Å². The van der Waals surface area contributed by atoms with Gasteiger partial charge in [-0.3, -0.25) is 4.79 Å². The Kier molecular flexibility index (Phi) is 6.44. The number of aliphatic carboxylic acids is 1. The number of benzene rings is 1. The molecule has 0 aromatic heterocycles. The van der Waals surface area contributed by atoms with Gasteiger partial charge in [0, 0.05) is 11.3 Å². The van der Waals surface area contributed by atoms with Crippen LogP contribution < -0.4 is 5.32 Å². The van der Waals surface area contributed by atoms with Gasteiger partial charge in [-0.25, -0.2) is 13.6 Å². The molecule has 0 heterocycles. The number of amides is 1. The SMILES string of the molecule is Cc1ccccc1SCC(=O)NC(CC(F)F)C(=O)O. The zero-order chi connectivity index (χ0) is 15.1. The van der Waals surface area contributed by atoms with Crippen LogP contribution in [-0.4, -0.2) is 35.2 Å². The molecule has 0 aliphatic heterocycles. The summed E-state index contributed by atoms with van der Waals surface area (Å²) in [5.41, 5.74) is 0.993. The molecule has 0 fully saturated rings. The van der Waals surface area contributed by atoms with Gasteiger partial charge in [-0.2, -0.15) is 0 Å². The molecule has 0 bridgehead atoms. The number of alkyl halides is 2. The predicted octanol–water partition coefficient (Wildman–Crippen LogP) is 2.31. The highest BCUT2D eigenvalue weighted by Gasteiger charge is 2.23. The summed E-state index contributed by atoms with van der Waals surface area (Å²) in [7, 11) is 0. The molecule has 0 spiro atoms. The molecule has 2 N–H and O–H groups in total. The van der Waals surface area contributed by atoms with Crippen LogP contribution in [0.3, 0.4) is 0 Å². The van der Waals surface area contributed by atoms with Gasteiger partial charge in [-0.15, -0.1) is 11.8 Å². The van der Waals surface area contributed by atoms with Crippen molar-refractivity contribution in [2.75, 3.05) is 5.75 Å². The summed E-state index contributed by atoms with van der Waals surface area (Å²) < 4.78 is 24.4. The van der Waals surface area contributed by atoms with E-state index in [1.54, 1.807) is 0 Å². The zero-order valence-corrected chi connectivity index (χ0v) is 11.6. The van der Waals surface area contributed by atoms with Crippen molar-refractivity contribution in [2.45, 2.75) is 30.7 Å². The molecular weight excluding hydrogens is 288 g/mol. The second-order valence-corrected chi connectivity index (χ2v) is 5.16. The van der Waals surface area contributed by atoms with Crippen LogP contribution in [0.4, 0.5) is 8.78 Å². The van der Waals surface area contributed by atoms with Gasteiger partial charge in [0.1, 0.15) is 6.04 Å². The molecule has 20 heavy (non-hydrogen) atoms. The van der Waals surface area contributed by atoms with E-state index < -0.39 is 30.8 Å². The summed E-state index contributed by atoms with van der Waals surface area (Å²) >= 11 is 1.24. The van der Waals surface area contributed by atoms with Gasteiger partial charge in [0.05, 0.1) is 5.75 Å². The number of thioether (sulfide) groups is 1. The maximum atomic E-state index is 12.2. The number of carbonyl (C=O) groups excluding carboxylic acids is 1. The van der Waals surface area contributed by atoms with Gasteiger partial charge in [0.25, 0.3) is 0 Å². The minimum atomic E-state index is -2.78. The number of hydrogen-bond donors (Lipinski definition) is 2. The first kappa shape index (κ1) is 16.4. The third kappa shape index (κ3) is 5.56. The van der Waals surface area contributed by atoms with Crippen LogP contribution in [0.2, 0.25) is 0 Å². The highest BCUT2D eigenvalue weighted by atomic mass is 32.2. The van der Waals surface area contributed by atoms with Crippen molar-refractivity contribution in [1.29, 1.82) is 0 Å². The van der Waals surface area contributed by atoms with E-state index in [0.717, 1.165) is 10.5 Å². The van der Waals surface area contributed by atoms with E-state index in [0.29, 0.717) is 0 Å². The molecule has 0 saturated carbocycles. The fourth-order valence-corrected chi connectivity index (χ4v) is 2.34. The number of nitrogens with one attached hydrogen (secondary N) is 1. The molecule has 1 aromatic rings. The molecule has 110 valence electrons. The molecule has 1 amide bonds. The third-order valence-electron chi connectivity index (χ3n) is 2.50. The van der Waals surface area contributed by atoms with Crippen molar-refractivity contribution in [2.24, 2.45) is 0 Å². The fraction of sp³-hybridized carbons (Fsp3) is 0.385. The van der Waals surface area contributed by atoms with Gasteiger partial charge in [0.15, 0.2) is 0 Å². The van der Waals surface area contributed by atoms with Crippen molar-refractivity contribution in [3.63, 3.8) is 0 Å². The molecule has 0 saturated heterocycles. The Bertz CT molecular complexity index is 482. The summed E-state index contributed by atoms with van der Waals surface area (Å²) in [6.45, 7) is 1.89. The van der Waals surface area contributed by atoms with Gasteiger partial charge in [-0.1, -0.05) is 18.2 Å². The largest absolute Gasteiger partial charge is 0.480 e. The Morgan fingerprint density at radius 2 is 2.00 bits per heavy atom. The van der Waals surface area contributed by atoms with Crippen molar-refractivity contribution in [1.82, 2.24) is 5.32 Å². The van der Waals surface area contributed by atoms with Crippen LogP contribution in [0.25, 0.3) is 0 Å². The first-order chi connectivity index (χ1) is 9.40. The van der Waals surface area contributed by atoms with Crippen molar-refractivity contribution >= 4 is 23.6 Å². The highest BCUT2D eigenvalue weighted by Crippen LogP contribution is 2.21. The highest BCUT2D eigenvalue weighted by molar-refractivity contribution is 8.00. The van der Waals surface area contributed by atoms with Crippen molar-refractivity contribution in [3.8, 4) is 0 Å². The normalized spacial score (nSPS) is 12.2. The summed E-state index contributed by atoms with van der Waals surface area (Å²) in [6.07, 6.45) is -3.67. The van der Waals surface area contributed by atoms with Gasteiger partial charge in [0.2, 0.25) is 12.3 Å². The van der Waals surface area contributed by atoms with Crippen LogP contribution in [0.15, 0.2) is 29.2 Å². The van der Waals surface area contributed by atoms with Gasteiger partial charge >= 0.3 is 5.97 Å². The predicted molar refractivity (Wildman–Crippen MR) is 72.1 cm³/mol. The van der Waals surface area contributed by atoms with Crippen LogP contribution in [0.5, 0.6) is 0 Å². The van der Waals surface area contributed by atoms with E-state index in [1.807, 2.05) is 31.2 Å². The Morgan fingerprint density at radius 1 is 1.35 bits per heavy atom.